The Labute approximate surface area is 137 Å². The monoisotopic (exact) mass is 319 g/mol. The molecule has 0 amide bonds. The molecule has 23 heavy (non-hydrogen) atoms. The van der Waals surface area contributed by atoms with Crippen LogP contribution in [0.4, 0.5) is 0 Å². The van der Waals surface area contributed by atoms with Gasteiger partial charge in [-0.1, -0.05) is 6.07 Å². The lowest BCUT2D eigenvalue weighted by Crippen LogP contribution is -2.51. The van der Waals surface area contributed by atoms with E-state index in [2.05, 4.69) is 14.9 Å². The number of hydrogen-bond acceptors (Lipinski definition) is 7. The van der Waals surface area contributed by atoms with Crippen molar-refractivity contribution in [3.8, 4) is 11.5 Å². The van der Waals surface area contributed by atoms with E-state index in [0.717, 1.165) is 30.4 Å². The van der Waals surface area contributed by atoms with Gasteiger partial charge in [0, 0.05) is 34.7 Å². The van der Waals surface area contributed by atoms with Crippen molar-refractivity contribution < 1.29 is 10.2 Å². The molecular formula is C16H25N5O2. The number of rotatable bonds is 3. The molecule has 0 saturated carbocycles. The molecule has 1 atom stereocenters. The summed E-state index contributed by atoms with van der Waals surface area (Å²) in [6, 6.07) is 4.91. The highest BCUT2D eigenvalue weighted by atomic mass is 16.3. The fraction of sp³-hybridized carbons (Fsp3) is 0.500. The van der Waals surface area contributed by atoms with Crippen molar-refractivity contribution in [2.75, 3.05) is 34.7 Å². The second-order valence-electron chi connectivity index (χ2n) is 5.94. The van der Waals surface area contributed by atoms with Crippen molar-refractivity contribution in [3.05, 3.63) is 23.8 Å². The van der Waals surface area contributed by atoms with E-state index in [1.165, 1.54) is 6.07 Å². The molecule has 0 bridgehead atoms. The quantitative estimate of drug-likeness (QED) is 0.817. The molecule has 2 N–H and O–H groups in total. The number of phenolic OH excluding ortho intramolecular Hbond substituents is 2. The van der Waals surface area contributed by atoms with Gasteiger partial charge in [-0.3, -0.25) is 4.90 Å². The lowest BCUT2D eigenvalue weighted by atomic mass is 10.1. The number of likely N-dealkylation sites (N-methyl/N-ethyl adjacent to an activating group) is 1. The van der Waals surface area contributed by atoms with Crippen LogP contribution in [0.2, 0.25) is 0 Å². The van der Waals surface area contributed by atoms with Crippen LogP contribution in [0.15, 0.2) is 28.2 Å². The first-order chi connectivity index (χ1) is 10.8. The van der Waals surface area contributed by atoms with E-state index in [1.54, 1.807) is 6.07 Å². The molecule has 1 aromatic rings. The van der Waals surface area contributed by atoms with Gasteiger partial charge in [0.25, 0.3) is 0 Å². The minimum absolute atomic E-state index is 0.0899. The predicted octanol–water partition coefficient (Wildman–Crippen LogP) is 1.14. The predicted molar refractivity (Wildman–Crippen MR) is 91.9 cm³/mol. The Hall–Kier alpha value is -2.44. The number of hydrogen-bond donors (Lipinski definition) is 2. The molecule has 7 heteroatoms. The van der Waals surface area contributed by atoms with Crippen molar-refractivity contribution in [3.63, 3.8) is 0 Å². The van der Waals surface area contributed by atoms with Crippen LogP contribution in [0.25, 0.3) is 0 Å². The lowest BCUT2D eigenvalue weighted by Gasteiger charge is -2.35. The Kier molecular flexibility index (Phi) is 4.98. The third kappa shape index (κ3) is 3.85. The van der Waals surface area contributed by atoms with Gasteiger partial charge in [0.2, 0.25) is 11.9 Å². The zero-order chi connectivity index (χ0) is 17.1. The van der Waals surface area contributed by atoms with Crippen LogP contribution in [0.5, 0.6) is 11.5 Å². The fourth-order valence-corrected chi connectivity index (χ4v) is 2.52. The third-order valence-electron chi connectivity index (χ3n) is 3.72. The molecule has 1 aromatic carbocycles. The molecule has 0 fully saturated rings. The van der Waals surface area contributed by atoms with Crippen molar-refractivity contribution in [2.24, 2.45) is 9.98 Å². The number of phenols is 2. The van der Waals surface area contributed by atoms with E-state index in [9.17, 15) is 10.2 Å². The maximum atomic E-state index is 9.57. The van der Waals surface area contributed by atoms with E-state index in [4.69, 9.17) is 0 Å². The molecule has 2 rings (SSSR count). The largest absolute Gasteiger partial charge is 0.504 e. The number of nitrogens with zero attached hydrogens (tertiary/aromatic N) is 5. The van der Waals surface area contributed by atoms with Crippen LogP contribution in [-0.4, -0.2) is 77.7 Å². The standard InChI is InChI=1S/C16H25N5O2/c1-11-17-15(19(2)3)21(5)16(18-11)20(4)9-8-12-6-7-13(22)14(23)10-12/h6-7,10-11,22-23H,8-9H2,1-5H3. The van der Waals surface area contributed by atoms with Crippen LogP contribution in [0.3, 0.4) is 0 Å². The fourth-order valence-electron chi connectivity index (χ4n) is 2.52. The summed E-state index contributed by atoms with van der Waals surface area (Å²) < 4.78 is 0. The highest BCUT2D eigenvalue weighted by Crippen LogP contribution is 2.25. The van der Waals surface area contributed by atoms with Gasteiger partial charge in [0.15, 0.2) is 11.5 Å². The van der Waals surface area contributed by atoms with Crippen molar-refractivity contribution in [1.29, 1.82) is 0 Å². The Morgan fingerprint density at radius 2 is 1.74 bits per heavy atom. The summed E-state index contributed by atoms with van der Waals surface area (Å²) in [5.74, 6) is 1.54. The van der Waals surface area contributed by atoms with Crippen molar-refractivity contribution in [2.45, 2.75) is 19.5 Å². The van der Waals surface area contributed by atoms with Crippen LogP contribution in [-0.2, 0) is 6.42 Å². The molecule has 0 aromatic heterocycles. The molecule has 0 aliphatic carbocycles. The van der Waals surface area contributed by atoms with Crippen LogP contribution < -0.4 is 0 Å². The van der Waals surface area contributed by atoms with Gasteiger partial charge in [0.05, 0.1) is 0 Å². The van der Waals surface area contributed by atoms with E-state index in [-0.39, 0.29) is 17.7 Å². The number of guanidine groups is 2. The highest BCUT2D eigenvalue weighted by Gasteiger charge is 2.24. The summed E-state index contributed by atoms with van der Waals surface area (Å²) in [6.07, 6.45) is 0.624. The van der Waals surface area contributed by atoms with E-state index in [0.29, 0.717) is 0 Å². The zero-order valence-corrected chi connectivity index (χ0v) is 14.4. The van der Waals surface area contributed by atoms with Gasteiger partial charge >= 0.3 is 0 Å². The van der Waals surface area contributed by atoms with Crippen molar-refractivity contribution in [1.82, 2.24) is 14.7 Å². The molecule has 1 unspecified atom stereocenters. The second-order valence-corrected chi connectivity index (χ2v) is 5.94. The van der Waals surface area contributed by atoms with Gasteiger partial charge in [-0.25, -0.2) is 9.98 Å². The van der Waals surface area contributed by atoms with Gasteiger partial charge in [-0.2, -0.15) is 0 Å². The first-order valence-electron chi connectivity index (χ1n) is 7.58. The molecule has 1 heterocycles. The summed E-state index contributed by atoms with van der Waals surface area (Å²) in [5, 5.41) is 18.9. The van der Waals surface area contributed by atoms with Gasteiger partial charge < -0.3 is 20.0 Å². The van der Waals surface area contributed by atoms with E-state index >= 15 is 0 Å². The van der Waals surface area contributed by atoms with Gasteiger partial charge in [-0.15, -0.1) is 0 Å². The zero-order valence-electron chi connectivity index (χ0n) is 14.4. The second kappa shape index (κ2) is 6.76. The molecule has 1 aliphatic rings. The molecule has 0 saturated heterocycles. The minimum Gasteiger partial charge on any atom is -0.504 e. The van der Waals surface area contributed by atoms with E-state index < -0.39 is 0 Å². The first-order valence-corrected chi connectivity index (χ1v) is 7.58. The maximum absolute atomic E-state index is 9.57. The summed E-state index contributed by atoms with van der Waals surface area (Å²) in [4.78, 5) is 15.1. The average Bonchev–Trinajstić information content (AvgIpc) is 2.49. The van der Waals surface area contributed by atoms with E-state index in [1.807, 2.05) is 51.0 Å². The normalized spacial score (nSPS) is 17.6. The van der Waals surface area contributed by atoms with Gasteiger partial charge in [0.1, 0.15) is 6.17 Å². The summed E-state index contributed by atoms with van der Waals surface area (Å²) in [5.41, 5.74) is 0.959. The Balaban J connectivity index is 2.05. The SMILES string of the molecule is CC1N=C(N(C)C)N(C)C(N(C)CCc2ccc(O)c(O)c2)=N1. The first kappa shape index (κ1) is 16.9. The smallest absolute Gasteiger partial charge is 0.205 e. The van der Waals surface area contributed by atoms with Crippen LogP contribution in [0, 0.1) is 0 Å². The topological polar surface area (TPSA) is 74.9 Å². The highest BCUT2D eigenvalue weighted by molar-refractivity contribution is 5.99. The maximum Gasteiger partial charge on any atom is 0.205 e. The summed E-state index contributed by atoms with van der Waals surface area (Å²) >= 11 is 0. The molecule has 1 aliphatic heterocycles. The van der Waals surface area contributed by atoms with Gasteiger partial charge in [-0.05, 0) is 31.0 Å². The average molecular weight is 319 g/mol. The van der Waals surface area contributed by atoms with Crippen LogP contribution >= 0.6 is 0 Å². The number of aromatic hydroxyl groups is 2. The summed E-state index contributed by atoms with van der Waals surface area (Å²) in [6.45, 7) is 2.70. The molecule has 126 valence electrons. The Bertz CT molecular complexity index is 627. The Morgan fingerprint density at radius 3 is 2.35 bits per heavy atom. The van der Waals surface area contributed by atoms with Crippen LogP contribution in [0.1, 0.15) is 12.5 Å². The third-order valence-corrected chi connectivity index (χ3v) is 3.72. The number of aliphatic imine (C=N–C) groups is 2. The number of benzene rings is 1. The molecule has 0 radical (unpaired) electrons. The van der Waals surface area contributed by atoms with Crippen molar-refractivity contribution >= 4 is 11.9 Å². The molecule has 0 spiro atoms. The summed E-state index contributed by atoms with van der Waals surface area (Å²) in [7, 11) is 7.86. The lowest BCUT2D eigenvalue weighted by molar-refractivity contribution is 0.400. The molecular weight excluding hydrogens is 294 g/mol. The minimum atomic E-state index is -0.112. The molecule has 7 nitrogen and oxygen atoms in total. The Morgan fingerprint density at radius 1 is 1.09 bits per heavy atom.